The van der Waals surface area contributed by atoms with Crippen molar-refractivity contribution in [1.82, 2.24) is 4.98 Å². The van der Waals surface area contributed by atoms with Gasteiger partial charge < -0.3 is 19.2 Å². The summed E-state index contributed by atoms with van der Waals surface area (Å²) in [6.07, 6.45) is 0. The lowest BCUT2D eigenvalue weighted by atomic mass is 10.2. The molecule has 4 rings (SSSR count). The number of rotatable bonds is 6. The molecule has 0 unspecified atom stereocenters. The van der Waals surface area contributed by atoms with Crippen LogP contribution in [-0.4, -0.2) is 24.6 Å². The van der Waals surface area contributed by atoms with E-state index in [1.807, 2.05) is 24.3 Å². The quantitative estimate of drug-likeness (QED) is 0.476. The van der Waals surface area contributed by atoms with Gasteiger partial charge in [0, 0.05) is 11.3 Å². The zero-order valence-electron chi connectivity index (χ0n) is 15.5. The molecule has 4 aromatic rings. The van der Waals surface area contributed by atoms with Gasteiger partial charge >= 0.3 is 0 Å². The van der Waals surface area contributed by atoms with Gasteiger partial charge in [0.2, 0.25) is 5.89 Å². The maximum Gasteiger partial charge on any atom is 0.262 e. The van der Waals surface area contributed by atoms with Crippen LogP contribution in [0.3, 0.4) is 0 Å². The molecule has 7 heteroatoms. The Morgan fingerprint density at radius 2 is 1.93 bits per heavy atom. The van der Waals surface area contributed by atoms with Gasteiger partial charge in [-0.3, -0.25) is 4.79 Å². The van der Waals surface area contributed by atoms with Crippen LogP contribution in [0.1, 0.15) is 0 Å². The first-order chi connectivity index (χ1) is 14.1. The number of amides is 1. The molecule has 0 bridgehead atoms. The Bertz CT molecular complexity index is 1160. The molecule has 146 valence electrons. The van der Waals surface area contributed by atoms with Crippen molar-refractivity contribution in [2.24, 2.45) is 0 Å². The fourth-order valence-corrected chi connectivity index (χ4v) is 3.05. The molecule has 1 amide bonds. The van der Waals surface area contributed by atoms with Crippen molar-refractivity contribution in [1.29, 1.82) is 0 Å². The molecule has 0 aliphatic rings. The Kier molecular flexibility index (Phi) is 5.35. The number of para-hydroxylation sites is 1. The van der Waals surface area contributed by atoms with Crippen molar-refractivity contribution in [2.75, 3.05) is 19.0 Å². The molecule has 0 atom stereocenters. The predicted octanol–water partition coefficient (Wildman–Crippen LogP) is 5.17. The summed E-state index contributed by atoms with van der Waals surface area (Å²) < 4.78 is 16.4. The first-order valence-electron chi connectivity index (χ1n) is 8.84. The molecule has 6 nitrogen and oxygen atoms in total. The number of benzene rings is 3. The van der Waals surface area contributed by atoms with Gasteiger partial charge in [-0.2, -0.15) is 0 Å². The minimum Gasteiger partial charge on any atom is -0.495 e. The highest BCUT2D eigenvalue weighted by atomic mass is 35.5. The molecule has 1 N–H and O–H groups in total. The summed E-state index contributed by atoms with van der Waals surface area (Å²) in [7, 11) is 1.56. The molecule has 1 heterocycles. The maximum atomic E-state index is 12.1. The van der Waals surface area contributed by atoms with Crippen molar-refractivity contribution >= 4 is 34.3 Å². The Hall–Kier alpha value is -3.51. The smallest absolute Gasteiger partial charge is 0.262 e. The highest BCUT2D eigenvalue weighted by molar-refractivity contribution is 6.32. The number of carbonyl (C=O) groups excluding carboxylic acids is 1. The zero-order chi connectivity index (χ0) is 20.2. The van der Waals surface area contributed by atoms with E-state index < -0.39 is 0 Å². The van der Waals surface area contributed by atoms with Gasteiger partial charge in [0.25, 0.3) is 5.91 Å². The van der Waals surface area contributed by atoms with Crippen LogP contribution in [-0.2, 0) is 4.79 Å². The van der Waals surface area contributed by atoms with Gasteiger partial charge in [0.15, 0.2) is 12.2 Å². The minimum absolute atomic E-state index is 0.0868. The molecule has 0 aliphatic carbocycles. The number of oxazole rings is 1. The number of hydrogen-bond acceptors (Lipinski definition) is 5. The van der Waals surface area contributed by atoms with E-state index in [9.17, 15) is 4.79 Å². The fraction of sp³-hybridized carbons (Fsp3) is 0.0909. The summed E-state index contributed by atoms with van der Waals surface area (Å²) in [6, 6.07) is 19.7. The third kappa shape index (κ3) is 4.33. The number of nitrogens with zero attached hydrogens (tertiary/aromatic N) is 1. The highest BCUT2D eigenvalue weighted by Crippen LogP contribution is 2.32. The summed E-state index contributed by atoms with van der Waals surface area (Å²) in [5, 5.41) is 3.27. The summed E-state index contributed by atoms with van der Waals surface area (Å²) in [5.41, 5.74) is 2.56. The average Bonchev–Trinajstić information content (AvgIpc) is 3.16. The van der Waals surface area contributed by atoms with Crippen LogP contribution in [0.4, 0.5) is 5.69 Å². The van der Waals surface area contributed by atoms with Crippen LogP contribution >= 0.6 is 11.6 Å². The molecular weight excluding hydrogens is 392 g/mol. The minimum atomic E-state index is -0.265. The normalized spacial score (nSPS) is 10.7. The summed E-state index contributed by atoms with van der Waals surface area (Å²) in [6.45, 7) is -0.0868. The number of anilines is 1. The van der Waals surface area contributed by atoms with Gasteiger partial charge in [-0.15, -0.1) is 0 Å². The lowest BCUT2D eigenvalue weighted by molar-refractivity contribution is -0.118. The SMILES string of the molecule is COc1ccc(-c2nc3cc(NC(=O)COc4ccccc4)ccc3o2)cc1Cl. The van der Waals surface area contributed by atoms with E-state index in [1.165, 1.54) is 0 Å². The Morgan fingerprint density at radius 1 is 1.10 bits per heavy atom. The number of hydrogen-bond donors (Lipinski definition) is 1. The lowest BCUT2D eigenvalue weighted by Crippen LogP contribution is -2.20. The monoisotopic (exact) mass is 408 g/mol. The zero-order valence-corrected chi connectivity index (χ0v) is 16.3. The highest BCUT2D eigenvalue weighted by Gasteiger charge is 2.12. The summed E-state index contributed by atoms with van der Waals surface area (Å²) in [5.74, 6) is 1.38. The second kappa shape index (κ2) is 8.24. The Balaban J connectivity index is 1.48. The van der Waals surface area contributed by atoms with Crippen molar-refractivity contribution in [3.05, 3.63) is 71.8 Å². The number of fused-ring (bicyclic) bond motifs is 1. The Morgan fingerprint density at radius 3 is 2.69 bits per heavy atom. The average molecular weight is 409 g/mol. The molecule has 0 fully saturated rings. The lowest BCUT2D eigenvalue weighted by Gasteiger charge is -2.07. The van der Waals surface area contributed by atoms with Gasteiger partial charge in [-0.1, -0.05) is 29.8 Å². The molecule has 1 aromatic heterocycles. The summed E-state index contributed by atoms with van der Waals surface area (Å²) >= 11 is 6.18. The molecule has 3 aromatic carbocycles. The number of aromatic nitrogens is 1. The molecule has 0 saturated carbocycles. The van der Waals surface area contributed by atoms with E-state index in [-0.39, 0.29) is 12.5 Å². The number of nitrogens with one attached hydrogen (secondary N) is 1. The number of ether oxygens (including phenoxy) is 2. The molecule has 0 aliphatic heterocycles. The second-order valence-corrected chi connectivity index (χ2v) is 6.61. The molecular formula is C22H17ClN2O4. The molecule has 0 radical (unpaired) electrons. The molecule has 0 saturated heterocycles. The van der Waals surface area contributed by atoms with E-state index in [0.717, 1.165) is 5.56 Å². The number of carbonyl (C=O) groups is 1. The van der Waals surface area contributed by atoms with Gasteiger partial charge in [0.1, 0.15) is 17.0 Å². The summed E-state index contributed by atoms with van der Waals surface area (Å²) in [4.78, 5) is 16.6. The van der Waals surface area contributed by atoms with E-state index in [2.05, 4.69) is 10.3 Å². The van der Waals surface area contributed by atoms with Gasteiger partial charge in [-0.05, 0) is 48.5 Å². The first kappa shape index (κ1) is 18.8. The topological polar surface area (TPSA) is 73.6 Å². The van der Waals surface area contributed by atoms with Crippen molar-refractivity contribution in [2.45, 2.75) is 0 Å². The fourth-order valence-electron chi connectivity index (χ4n) is 2.79. The van der Waals surface area contributed by atoms with Crippen LogP contribution in [0.25, 0.3) is 22.6 Å². The number of halogens is 1. The van der Waals surface area contributed by atoms with Crippen molar-refractivity contribution in [3.63, 3.8) is 0 Å². The van der Waals surface area contributed by atoms with Gasteiger partial charge in [-0.25, -0.2) is 4.98 Å². The third-order valence-corrected chi connectivity index (χ3v) is 4.48. The first-order valence-corrected chi connectivity index (χ1v) is 9.22. The molecule has 0 spiro atoms. The maximum absolute atomic E-state index is 12.1. The van der Waals surface area contributed by atoms with E-state index in [0.29, 0.717) is 39.2 Å². The van der Waals surface area contributed by atoms with E-state index >= 15 is 0 Å². The van der Waals surface area contributed by atoms with Crippen LogP contribution in [0, 0.1) is 0 Å². The Labute approximate surface area is 172 Å². The van der Waals surface area contributed by atoms with Gasteiger partial charge in [0.05, 0.1) is 12.1 Å². The number of methoxy groups -OCH3 is 1. The van der Waals surface area contributed by atoms with Crippen LogP contribution in [0.2, 0.25) is 5.02 Å². The largest absolute Gasteiger partial charge is 0.495 e. The predicted molar refractivity (Wildman–Crippen MR) is 112 cm³/mol. The standard InChI is InChI=1S/C22H17ClN2O4/c1-27-19-9-7-14(11-17(19)23)22-25-18-12-15(8-10-20(18)29-22)24-21(26)13-28-16-5-3-2-4-6-16/h2-12H,13H2,1H3,(H,24,26). The van der Waals surface area contributed by atoms with E-state index in [4.69, 9.17) is 25.5 Å². The van der Waals surface area contributed by atoms with Crippen molar-refractivity contribution < 1.29 is 18.7 Å². The third-order valence-electron chi connectivity index (χ3n) is 4.18. The van der Waals surface area contributed by atoms with Crippen LogP contribution in [0.5, 0.6) is 11.5 Å². The van der Waals surface area contributed by atoms with E-state index in [1.54, 1.807) is 49.6 Å². The van der Waals surface area contributed by atoms with Crippen LogP contribution < -0.4 is 14.8 Å². The second-order valence-electron chi connectivity index (χ2n) is 6.20. The van der Waals surface area contributed by atoms with Crippen molar-refractivity contribution in [3.8, 4) is 23.0 Å². The molecule has 29 heavy (non-hydrogen) atoms. The van der Waals surface area contributed by atoms with Crippen LogP contribution in [0.15, 0.2) is 71.1 Å².